The molecule has 0 bridgehead atoms. The van der Waals surface area contributed by atoms with Crippen molar-refractivity contribution in [1.29, 1.82) is 0 Å². The van der Waals surface area contributed by atoms with Gasteiger partial charge in [-0.15, -0.1) is 0 Å². The first-order valence-corrected chi connectivity index (χ1v) is 4.18. The fraction of sp³-hybridized carbons (Fsp3) is 0.556. The molecule has 0 aliphatic rings. The molecule has 0 aliphatic heterocycles. The highest BCUT2D eigenvalue weighted by atomic mass is 16.5. The maximum absolute atomic E-state index is 5.41. The highest BCUT2D eigenvalue weighted by Crippen LogP contribution is 2.15. The van der Waals surface area contributed by atoms with Crippen LogP contribution in [0.4, 0.5) is 0 Å². The van der Waals surface area contributed by atoms with Gasteiger partial charge in [0.25, 0.3) is 0 Å². The molecule has 0 unspecified atom stereocenters. The predicted molar refractivity (Wildman–Crippen MR) is 49.1 cm³/mol. The predicted octanol–water partition coefficient (Wildman–Crippen LogP) is 1.58. The zero-order valence-electron chi connectivity index (χ0n) is 8.37. The lowest BCUT2D eigenvalue weighted by molar-refractivity contribution is 0.230. The van der Waals surface area contributed by atoms with Gasteiger partial charge in [-0.3, -0.25) is 0 Å². The van der Waals surface area contributed by atoms with E-state index in [1.54, 1.807) is 20.1 Å². The van der Waals surface area contributed by atoms with Crippen LogP contribution in [0.1, 0.15) is 19.7 Å². The van der Waals surface area contributed by atoms with Crippen molar-refractivity contribution < 1.29 is 9.47 Å². The van der Waals surface area contributed by atoms with E-state index in [0.717, 1.165) is 0 Å². The minimum atomic E-state index is 0.110. The Hall–Kier alpha value is -1.32. The van der Waals surface area contributed by atoms with Crippen LogP contribution < -0.4 is 9.47 Å². The molecule has 0 spiro atoms. The molecule has 1 rings (SSSR count). The first kappa shape index (κ1) is 9.77. The molecule has 72 valence electrons. The van der Waals surface area contributed by atoms with E-state index < -0.39 is 0 Å². The number of aryl methyl sites for hydroxylation is 1. The number of hydrogen-bond acceptors (Lipinski definition) is 4. The summed E-state index contributed by atoms with van der Waals surface area (Å²) < 4.78 is 10.4. The summed E-state index contributed by atoms with van der Waals surface area (Å²) in [4.78, 5) is 8.15. The van der Waals surface area contributed by atoms with Gasteiger partial charge in [-0.2, -0.15) is 9.97 Å². The zero-order chi connectivity index (χ0) is 9.84. The van der Waals surface area contributed by atoms with E-state index in [-0.39, 0.29) is 6.10 Å². The Morgan fingerprint density at radius 2 is 1.85 bits per heavy atom. The third kappa shape index (κ3) is 2.89. The second-order valence-corrected chi connectivity index (χ2v) is 2.96. The van der Waals surface area contributed by atoms with E-state index in [2.05, 4.69) is 9.97 Å². The first-order valence-electron chi connectivity index (χ1n) is 4.18. The van der Waals surface area contributed by atoms with Crippen LogP contribution in [-0.4, -0.2) is 23.2 Å². The summed E-state index contributed by atoms with van der Waals surface area (Å²) in [5, 5.41) is 0. The molecule has 0 atom stereocenters. The fourth-order valence-electron chi connectivity index (χ4n) is 0.921. The normalized spacial score (nSPS) is 10.2. The Morgan fingerprint density at radius 1 is 1.23 bits per heavy atom. The van der Waals surface area contributed by atoms with Crippen molar-refractivity contribution >= 4 is 0 Å². The lowest BCUT2D eigenvalue weighted by atomic mass is 10.5. The number of aromatic nitrogens is 2. The van der Waals surface area contributed by atoms with Crippen LogP contribution in [0.15, 0.2) is 6.07 Å². The molecule has 4 nitrogen and oxygen atoms in total. The molecule has 0 N–H and O–H groups in total. The topological polar surface area (TPSA) is 44.2 Å². The van der Waals surface area contributed by atoms with Crippen LogP contribution in [0, 0.1) is 6.92 Å². The smallest absolute Gasteiger partial charge is 0.220 e. The van der Waals surface area contributed by atoms with E-state index in [9.17, 15) is 0 Å². The maximum atomic E-state index is 5.41. The molecule has 4 heteroatoms. The second kappa shape index (κ2) is 4.07. The molecular formula is C9H14N2O2. The third-order valence-electron chi connectivity index (χ3n) is 1.36. The van der Waals surface area contributed by atoms with E-state index in [0.29, 0.717) is 17.6 Å². The van der Waals surface area contributed by atoms with Crippen LogP contribution in [0.3, 0.4) is 0 Å². The number of rotatable bonds is 3. The molecule has 0 amide bonds. The quantitative estimate of drug-likeness (QED) is 0.712. The molecule has 0 saturated heterocycles. The largest absolute Gasteiger partial charge is 0.481 e. The monoisotopic (exact) mass is 182 g/mol. The van der Waals surface area contributed by atoms with Gasteiger partial charge in [0.05, 0.1) is 19.3 Å². The maximum Gasteiger partial charge on any atom is 0.220 e. The van der Waals surface area contributed by atoms with Crippen molar-refractivity contribution in [2.24, 2.45) is 0 Å². The van der Waals surface area contributed by atoms with Gasteiger partial charge in [0.15, 0.2) is 0 Å². The summed E-state index contributed by atoms with van der Waals surface area (Å²) in [7, 11) is 1.57. The highest BCUT2D eigenvalue weighted by molar-refractivity contribution is 5.20. The van der Waals surface area contributed by atoms with Gasteiger partial charge in [-0.1, -0.05) is 0 Å². The van der Waals surface area contributed by atoms with Crippen LogP contribution >= 0.6 is 0 Å². The summed E-state index contributed by atoms with van der Waals surface area (Å²) in [6.45, 7) is 5.70. The lowest BCUT2D eigenvalue weighted by Crippen LogP contribution is -2.08. The van der Waals surface area contributed by atoms with Crippen molar-refractivity contribution in [3.05, 3.63) is 11.9 Å². The molecule has 0 radical (unpaired) electrons. The van der Waals surface area contributed by atoms with Crippen molar-refractivity contribution in [3.8, 4) is 11.8 Å². The van der Waals surface area contributed by atoms with Crippen molar-refractivity contribution in [2.45, 2.75) is 26.9 Å². The third-order valence-corrected chi connectivity index (χ3v) is 1.36. The van der Waals surface area contributed by atoms with Crippen molar-refractivity contribution in [3.63, 3.8) is 0 Å². The summed E-state index contributed by atoms with van der Waals surface area (Å²) >= 11 is 0. The molecule has 0 aliphatic carbocycles. The Balaban J connectivity index is 2.88. The van der Waals surface area contributed by atoms with Crippen LogP contribution in [0.25, 0.3) is 0 Å². The molecule has 0 fully saturated rings. The summed E-state index contributed by atoms with van der Waals surface area (Å²) in [5.74, 6) is 1.73. The summed E-state index contributed by atoms with van der Waals surface area (Å²) in [5.41, 5.74) is 0. The minimum absolute atomic E-state index is 0.110. The molecule has 1 heterocycles. The van der Waals surface area contributed by atoms with E-state index in [1.165, 1.54) is 0 Å². The van der Waals surface area contributed by atoms with Crippen LogP contribution in [0.2, 0.25) is 0 Å². The zero-order valence-corrected chi connectivity index (χ0v) is 8.37. The van der Waals surface area contributed by atoms with Crippen LogP contribution in [0.5, 0.6) is 11.8 Å². The standard InChI is InChI=1S/C9H14N2O2/c1-6(2)13-9-5-8(12-4)10-7(3)11-9/h5-6H,1-4H3. The Labute approximate surface area is 77.9 Å². The minimum Gasteiger partial charge on any atom is -0.481 e. The van der Waals surface area contributed by atoms with Gasteiger partial charge in [0.1, 0.15) is 5.82 Å². The molecule has 0 aromatic carbocycles. The van der Waals surface area contributed by atoms with Crippen LogP contribution in [-0.2, 0) is 0 Å². The van der Waals surface area contributed by atoms with Crippen molar-refractivity contribution in [2.75, 3.05) is 7.11 Å². The number of ether oxygens (including phenoxy) is 2. The molecule has 13 heavy (non-hydrogen) atoms. The molecular weight excluding hydrogens is 168 g/mol. The average molecular weight is 182 g/mol. The molecule has 1 aromatic rings. The van der Waals surface area contributed by atoms with Gasteiger partial charge in [-0.05, 0) is 20.8 Å². The number of hydrogen-bond donors (Lipinski definition) is 0. The van der Waals surface area contributed by atoms with Gasteiger partial charge in [-0.25, -0.2) is 0 Å². The number of methoxy groups -OCH3 is 1. The Kier molecular flexibility index (Phi) is 3.06. The summed E-state index contributed by atoms with van der Waals surface area (Å²) in [6.07, 6.45) is 0.110. The SMILES string of the molecule is COc1cc(OC(C)C)nc(C)n1. The highest BCUT2D eigenvalue weighted by Gasteiger charge is 2.03. The first-order chi connectivity index (χ1) is 6.11. The lowest BCUT2D eigenvalue weighted by Gasteiger charge is -2.09. The Bertz CT molecular complexity index is 287. The summed E-state index contributed by atoms with van der Waals surface area (Å²) in [6, 6.07) is 1.67. The average Bonchev–Trinajstić information content (AvgIpc) is 2.01. The van der Waals surface area contributed by atoms with Gasteiger partial charge < -0.3 is 9.47 Å². The Morgan fingerprint density at radius 3 is 2.38 bits per heavy atom. The fourth-order valence-corrected chi connectivity index (χ4v) is 0.921. The second-order valence-electron chi connectivity index (χ2n) is 2.96. The van der Waals surface area contributed by atoms with Gasteiger partial charge >= 0.3 is 0 Å². The molecule has 0 saturated carbocycles. The van der Waals surface area contributed by atoms with E-state index >= 15 is 0 Å². The van der Waals surface area contributed by atoms with Gasteiger partial charge in [0, 0.05) is 0 Å². The number of nitrogens with zero attached hydrogens (tertiary/aromatic N) is 2. The van der Waals surface area contributed by atoms with E-state index in [4.69, 9.17) is 9.47 Å². The van der Waals surface area contributed by atoms with E-state index in [1.807, 2.05) is 13.8 Å². The molecule has 1 aromatic heterocycles. The van der Waals surface area contributed by atoms with Crippen molar-refractivity contribution in [1.82, 2.24) is 9.97 Å². The van der Waals surface area contributed by atoms with Gasteiger partial charge in [0.2, 0.25) is 11.8 Å².